The predicted molar refractivity (Wildman–Crippen MR) is 134 cm³/mol. The van der Waals surface area contributed by atoms with E-state index >= 15 is 0 Å². The quantitative estimate of drug-likeness (QED) is 0.336. The summed E-state index contributed by atoms with van der Waals surface area (Å²) < 4.78 is 19.5. The predicted octanol–water partition coefficient (Wildman–Crippen LogP) is 5.67. The summed E-state index contributed by atoms with van der Waals surface area (Å²) >= 11 is 0. The van der Waals surface area contributed by atoms with Crippen LogP contribution in [0.2, 0.25) is 0 Å². The Morgan fingerprint density at radius 2 is 1.69 bits per heavy atom. The summed E-state index contributed by atoms with van der Waals surface area (Å²) in [7, 11) is 1.53. The topological polar surface area (TPSA) is 91.6 Å². The summed E-state index contributed by atoms with van der Waals surface area (Å²) in [5.74, 6) is -0.560. The summed E-state index contributed by atoms with van der Waals surface area (Å²) in [6, 6.07) is 14.4. The SMILES string of the molecule is CNC(=O)c1c(-c2ccc(F)cc2)oc2ccc(-c3cc(C(=O)NCC(C)C)c(O)cc3C)cc12. The van der Waals surface area contributed by atoms with Crippen molar-refractivity contribution in [2.75, 3.05) is 13.6 Å². The third kappa shape index (κ3) is 4.75. The number of phenolic OH excluding ortho intramolecular Hbond substituents is 1. The number of carbonyl (C=O) groups excluding carboxylic acids is 2. The molecule has 4 rings (SSSR count). The van der Waals surface area contributed by atoms with Crippen LogP contribution in [0.25, 0.3) is 33.4 Å². The minimum absolute atomic E-state index is 0.0958. The molecule has 180 valence electrons. The fourth-order valence-electron chi connectivity index (χ4n) is 4.00. The van der Waals surface area contributed by atoms with Gasteiger partial charge in [0.05, 0.1) is 11.1 Å². The molecule has 0 saturated heterocycles. The zero-order chi connectivity index (χ0) is 25.3. The Morgan fingerprint density at radius 3 is 2.34 bits per heavy atom. The molecular weight excluding hydrogens is 447 g/mol. The lowest BCUT2D eigenvalue weighted by molar-refractivity contribution is 0.0943. The Morgan fingerprint density at radius 1 is 1.00 bits per heavy atom. The van der Waals surface area contributed by atoms with Crippen molar-refractivity contribution in [3.63, 3.8) is 0 Å². The Bertz CT molecular complexity index is 1420. The van der Waals surface area contributed by atoms with Gasteiger partial charge >= 0.3 is 0 Å². The monoisotopic (exact) mass is 474 g/mol. The summed E-state index contributed by atoms with van der Waals surface area (Å²) in [5.41, 5.74) is 3.85. The Balaban J connectivity index is 1.85. The fraction of sp³-hybridized carbons (Fsp3) is 0.214. The third-order valence-corrected chi connectivity index (χ3v) is 5.82. The number of aromatic hydroxyl groups is 1. The number of hydrogen-bond donors (Lipinski definition) is 3. The molecule has 0 spiro atoms. The van der Waals surface area contributed by atoms with Gasteiger partial charge in [0, 0.05) is 24.5 Å². The van der Waals surface area contributed by atoms with Crippen molar-refractivity contribution in [3.05, 3.63) is 77.1 Å². The number of furan rings is 1. The van der Waals surface area contributed by atoms with Crippen molar-refractivity contribution in [1.82, 2.24) is 10.6 Å². The number of halogens is 1. The number of fused-ring (bicyclic) bond motifs is 1. The minimum Gasteiger partial charge on any atom is -0.507 e. The highest BCUT2D eigenvalue weighted by Gasteiger charge is 2.23. The molecular formula is C28H27FN2O4. The maximum atomic E-state index is 13.5. The third-order valence-electron chi connectivity index (χ3n) is 5.82. The molecule has 2 amide bonds. The second-order valence-corrected chi connectivity index (χ2v) is 8.89. The smallest absolute Gasteiger partial charge is 0.255 e. The molecule has 3 N–H and O–H groups in total. The maximum absolute atomic E-state index is 13.5. The summed E-state index contributed by atoms with van der Waals surface area (Å²) in [6.45, 7) is 6.31. The van der Waals surface area contributed by atoms with Crippen LogP contribution in [0, 0.1) is 18.7 Å². The average Bonchev–Trinajstić information content (AvgIpc) is 3.21. The van der Waals surface area contributed by atoms with Gasteiger partial charge in [-0.05, 0) is 78.1 Å². The molecule has 0 aliphatic carbocycles. The lowest BCUT2D eigenvalue weighted by atomic mass is 9.95. The van der Waals surface area contributed by atoms with Gasteiger partial charge in [-0.15, -0.1) is 0 Å². The van der Waals surface area contributed by atoms with Gasteiger partial charge in [-0.2, -0.15) is 0 Å². The molecule has 0 fully saturated rings. The fourth-order valence-corrected chi connectivity index (χ4v) is 4.00. The summed E-state index contributed by atoms with van der Waals surface area (Å²) in [4.78, 5) is 25.5. The molecule has 0 radical (unpaired) electrons. The first-order valence-electron chi connectivity index (χ1n) is 11.4. The number of amides is 2. The van der Waals surface area contributed by atoms with E-state index in [9.17, 15) is 19.1 Å². The maximum Gasteiger partial charge on any atom is 0.255 e. The number of carbonyl (C=O) groups is 2. The number of nitrogens with one attached hydrogen (secondary N) is 2. The zero-order valence-corrected chi connectivity index (χ0v) is 20.0. The second-order valence-electron chi connectivity index (χ2n) is 8.89. The van der Waals surface area contributed by atoms with Crippen LogP contribution in [0.1, 0.15) is 40.1 Å². The van der Waals surface area contributed by atoms with Crippen molar-refractivity contribution in [1.29, 1.82) is 0 Å². The van der Waals surface area contributed by atoms with Crippen LogP contribution in [-0.4, -0.2) is 30.5 Å². The first-order chi connectivity index (χ1) is 16.7. The lowest BCUT2D eigenvalue weighted by Crippen LogP contribution is -2.27. The first-order valence-corrected chi connectivity index (χ1v) is 11.4. The molecule has 0 atom stereocenters. The number of rotatable bonds is 6. The highest BCUT2D eigenvalue weighted by atomic mass is 19.1. The van der Waals surface area contributed by atoms with Crippen molar-refractivity contribution >= 4 is 22.8 Å². The van der Waals surface area contributed by atoms with Gasteiger partial charge in [-0.25, -0.2) is 4.39 Å². The van der Waals surface area contributed by atoms with Crippen LogP contribution in [0.5, 0.6) is 5.75 Å². The van der Waals surface area contributed by atoms with Crippen LogP contribution >= 0.6 is 0 Å². The van der Waals surface area contributed by atoms with E-state index in [-0.39, 0.29) is 34.9 Å². The molecule has 0 unspecified atom stereocenters. The zero-order valence-electron chi connectivity index (χ0n) is 20.0. The normalized spacial score (nSPS) is 11.1. The highest BCUT2D eigenvalue weighted by Crippen LogP contribution is 2.37. The van der Waals surface area contributed by atoms with Crippen LogP contribution in [-0.2, 0) is 0 Å². The number of benzene rings is 3. The Hall–Kier alpha value is -4.13. The van der Waals surface area contributed by atoms with E-state index in [0.717, 1.165) is 16.7 Å². The number of hydrogen-bond acceptors (Lipinski definition) is 4. The van der Waals surface area contributed by atoms with Crippen molar-refractivity contribution in [2.45, 2.75) is 20.8 Å². The van der Waals surface area contributed by atoms with Gasteiger partial charge in [-0.1, -0.05) is 19.9 Å². The van der Waals surface area contributed by atoms with E-state index in [4.69, 9.17) is 4.42 Å². The van der Waals surface area contributed by atoms with Crippen LogP contribution in [0.4, 0.5) is 4.39 Å². The van der Waals surface area contributed by atoms with Crippen LogP contribution < -0.4 is 10.6 Å². The molecule has 1 heterocycles. The van der Waals surface area contributed by atoms with E-state index in [1.807, 2.05) is 32.9 Å². The molecule has 0 aliphatic rings. The van der Waals surface area contributed by atoms with E-state index in [1.54, 1.807) is 30.3 Å². The second kappa shape index (κ2) is 9.62. The number of aryl methyl sites for hydroxylation is 1. The van der Waals surface area contributed by atoms with Gasteiger partial charge in [0.25, 0.3) is 11.8 Å². The molecule has 0 bridgehead atoms. The van der Waals surface area contributed by atoms with Crippen LogP contribution in [0.15, 0.2) is 59.0 Å². The van der Waals surface area contributed by atoms with Gasteiger partial charge in [0.15, 0.2) is 0 Å². The van der Waals surface area contributed by atoms with E-state index in [1.165, 1.54) is 19.2 Å². The van der Waals surface area contributed by atoms with E-state index < -0.39 is 0 Å². The Kier molecular flexibility index (Phi) is 6.60. The highest BCUT2D eigenvalue weighted by molar-refractivity contribution is 6.12. The van der Waals surface area contributed by atoms with Crippen molar-refractivity contribution in [3.8, 4) is 28.2 Å². The molecule has 0 aliphatic heterocycles. The largest absolute Gasteiger partial charge is 0.507 e. The molecule has 3 aromatic carbocycles. The first kappa shape index (κ1) is 24.0. The van der Waals surface area contributed by atoms with E-state index in [2.05, 4.69) is 10.6 Å². The van der Waals surface area contributed by atoms with Crippen LogP contribution in [0.3, 0.4) is 0 Å². The molecule has 0 saturated carbocycles. The van der Waals surface area contributed by atoms with Gasteiger partial charge in [0.1, 0.15) is 22.9 Å². The van der Waals surface area contributed by atoms with Gasteiger partial charge in [-0.3, -0.25) is 9.59 Å². The minimum atomic E-state index is -0.385. The summed E-state index contributed by atoms with van der Waals surface area (Å²) in [6.07, 6.45) is 0. The molecule has 7 heteroatoms. The molecule has 1 aromatic heterocycles. The number of phenols is 1. The lowest BCUT2D eigenvalue weighted by Gasteiger charge is -2.13. The molecule has 6 nitrogen and oxygen atoms in total. The van der Waals surface area contributed by atoms with Gasteiger partial charge < -0.3 is 20.2 Å². The average molecular weight is 475 g/mol. The Labute approximate surface area is 202 Å². The van der Waals surface area contributed by atoms with Crippen molar-refractivity contribution < 1.29 is 23.5 Å². The summed E-state index contributed by atoms with van der Waals surface area (Å²) in [5, 5.41) is 16.5. The molecule has 4 aromatic rings. The van der Waals surface area contributed by atoms with Crippen molar-refractivity contribution in [2.24, 2.45) is 5.92 Å². The van der Waals surface area contributed by atoms with Gasteiger partial charge in [0.2, 0.25) is 0 Å². The van der Waals surface area contributed by atoms with E-state index in [0.29, 0.717) is 34.4 Å². The standard InChI is InChI=1S/C28H27FN2O4/c1-15(2)14-31-27(33)21-13-20(16(3)11-23(21)32)18-7-10-24-22(12-18)25(28(34)30-4)26(35-24)17-5-8-19(29)9-6-17/h5-13,15,32H,14H2,1-4H3,(H,30,34)(H,31,33). The molecule has 35 heavy (non-hydrogen) atoms.